The molecule has 2 aromatic rings. The predicted molar refractivity (Wildman–Crippen MR) is 107 cm³/mol. The highest BCUT2D eigenvalue weighted by Gasteiger charge is 2.21. The van der Waals surface area contributed by atoms with Gasteiger partial charge in [-0.3, -0.25) is 14.3 Å². The average Bonchev–Trinajstić information content (AvgIpc) is 2.57. The number of benzene rings is 2. The van der Waals surface area contributed by atoms with E-state index in [-0.39, 0.29) is 11.7 Å². The Kier molecular flexibility index (Phi) is 6.57. The third-order valence-electron chi connectivity index (χ3n) is 3.71. The van der Waals surface area contributed by atoms with Crippen LogP contribution in [0.5, 0.6) is 0 Å². The Morgan fingerprint density at radius 2 is 1.37 bits per heavy atom. The van der Waals surface area contributed by atoms with Crippen molar-refractivity contribution in [1.29, 1.82) is 0 Å². The fourth-order valence-corrected chi connectivity index (χ4v) is 3.74. The molecule has 0 aliphatic heterocycles. The SMILES string of the molecule is CC(=O)Nc1ccc(NC(=O)C(C)CS(=O)(=O)Nc2ccc(C)cc2)cc1. The molecule has 144 valence electrons. The van der Waals surface area contributed by atoms with Crippen LogP contribution in [0.2, 0.25) is 0 Å². The molecular weight excluding hydrogens is 366 g/mol. The number of amides is 2. The Labute approximate surface area is 159 Å². The number of anilines is 3. The van der Waals surface area contributed by atoms with E-state index in [1.54, 1.807) is 55.5 Å². The summed E-state index contributed by atoms with van der Waals surface area (Å²) in [4.78, 5) is 23.3. The maximum atomic E-state index is 12.3. The van der Waals surface area contributed by atoms with Gasteiger partial charge >= 0.3 is 0 Å². The maximum absolute atomic E-state index is 12.3. The molecule has 1 unspecified atom stereocenters. The van der Waals surface area contributed by atoms with Gasteiger partial charge in [0.1, 0.15) is 0 Å². The molecule has 0 aromatic heterocycles. The van der Waals surface area contributed by atoms with Crippen LogP contribution in [0.3, 0.4) is 0 Å². The van der Waals surface area contributed by atoms with Crippen LogP contribution in [0.15, 0.2) is 48.5 Å². The molecular formula is C19H23N3O4S. The quantitative estimate of drug-likeness (QED) is 0.677. The molecule has 0 saturated heterocycles. The molecule has 2 aromatic carbocycles. The fourth-order valence-electron chi connectivity index (χ4n) is 2.35. The van der Waals surface area contributed by atoms with Crippen LogP contribution in [-0.4, -0.2) is 26.0 Å². The summed E-state index contributed by atoms with van der Waals surface area (Å²) in [6.45, 7) is 4.87. The monoisotopic (exact) mass is 389 g/mol. The van der Waals surface area contributed by atoms with Crippen molar-refractivity contribution in [2.45, 2.75) is 20.8 Å². The van der Waals surface area contributed by atoms with Crippen molar-refractivity contribution in [3.8, 4) is 0 Å². The first-order valence-corrected chi connectivity index (χ1v) is 10.1. The first kappa shape index (κ1) is 20.4. The predicted octanol–water partition coefficient (Wildman–Crippen LogP) is 2.97. The van der Waals surface area contributed by atoms with Gasteiger partial charge < -0.3 is 10.6 Å². The number of hydrogen-bond acceptors (Lipinski definition) is 4. The van der Waals surface area contributed by atoms with Gasteiger partial charge in [0.25, 0.3) is 0 Å². The van der Waals surface area contributed by atoms with Gasteiger partial charge in [-0.2, -0.15) is 0 Å². The topological polar surface area (TPSA) is 104 Å². The van der Waals surface area contributed by atoms with Gasteiger partial charge in [-0.1, -0.05) is 24.6 Å². The molecule has 8 heteroatoms. The molecule has 0 radical (unpaired) electrons. The molecule has 0 aliphatic rings. The van der Waals surface area contributed by atoms with Crippen LogP contribution in [0, 0.1) is 12.8 Å². The van der Waals surface area contributed by atoms with Crippen molar-refractivity contribution in [3.05, 3.63) is 54.1 Å². The second kappa shape index (κ2) is 8.68. The van der Waals surface area contributed by atoms with E-state index in [9.17, 15) is 18.0 Å². The summed E-state index contributed by atoms with van der Waals surface area (Å²) in [6, 6.07) is 13.5. The van der Waals surface area contributed by atoms with E-state index in [0.29, 0.717) is 17.1 Å². The average molecular weight is 389 g/mol. The van der Waals surface area contributed by atoms with E-state index in [2.05, 4.69) is 15.4 Å². The zero-order valence-electron chi connectivity index (χ0n) is 15.4. The summed E-state index contributed by atoms with van der Waals surface area (Å²) >= 11 is 0. The highest BCUT2D eigenvalue weighted by Crippen LogP contribution is 2.16. The Hall–Kier alpha value is -2.87. The lowest BCUT2D eigenvalue weighted by Crippen LogP contribution is -2.29. The highest BCUT2D eigenvalue weighted by molar-refractivity contribution is 7.92. The van der Waals surface area contributed by atoms with E-state index in [1.165, 1.54) is 6.92 Å². The molecule has 7 nitrogen and oxygen atoms in total. The third kappa shape index (κ3) is 6.74. The van der Waals surface area contributed by atoms with E-state index < -0.39 is 21.8 Å². The second-order valence-corrected chi connectivity index (χ2v) is 8.17. The second-order valence-electron chi connectivity index (χ2n) is 6.40. The summed E-state index contributed by atoms with van der Waals surface area (Å²) in [5.41, 5.74) is 2.61. The van der Waals surface area contributed by atoms with Gasteiger partial charge in [-0.25, -0.2) is 8.42 Å². The molecule has 3 N–H and O–H groups in total. The van der Waals surface area contributed by atoms with Gasteiger partial charge in [0.15, 0.2) is 0 Å². The van der Waals surface area contributed by atoms with Crippen LogP contribution >= 0.6 is 0 Å². The van der Waals surface area contributed by atoms with Crippen molar-refractivity contribution in [2.75, 3.05) is 21.1 Å². The van der Waals surface area contributed by atoms with E-state index >= 15 is 0 Å². The maximum Gasteiger partial charge on any atom is 0.233 e. The first-order chi connectivity index (χ1) is 12.6. The molecule has 2 rings (SSSR count). The zero-order chi connectivity index (χ0) is 20.0. The lowest BCUT2D eigenvalue weighted by atomic mass is 10.2. The summed E-state index contributed by atoms with van der Waals surface area (Å²) < 4.78 is 27.0. The molecule has 0 aliphatic carbocycles. The van der Waals surface area contributed by atoms with E-state index in [0.717, 1.165) is 5.56 Å². The molecule has 0 heterocycles. The molecule has 0 bridgehead atoms. The molecule has 0 saturated carbocycles. The standard InChI is InChI=1S/C19H23N3O4S/c1-13-4-6-18(7-5-13)22-27(25,26)12-14(2)19(24)21-17-10-8-16(9-11-17)20-15(3)23/h4-11,14,22H,12H2,1-3H3,(H,20,23)(H,21,24). The largest absolute Gasteiger partial charge is 0.326 e. The molecule has 2 amide bonds. The minimum absolute atomic E-state index is 0.188. The summed E-state index contributed by atoms with van der Waals surface area (Å²) in [5.74, 6) is -1.68. The van der Waals surface area contributed by atoms with Crippen molar-refractivity contribution in [2.24, 2.45) is 5.92 Å². The van der Waals surface area contributed by atoms with Crippen molar-refractivity contribution >= 4 is 38.9 Å². The van der Waals surface area contributed by atoms with Crippen LogP contribution < -0.4 is 15.4 Å². The Morgan fingerprint density at radius 1 is 0.889 bits per heavy atom. The first-order valence-electron chi connectivity index (χ1n) is 8.40. The van der Waals surface area contributed by atoms with Crippen LogP contribution in [0.1, 0.15) is 19.4 Å². The molecule has 0 fully saturated rings. The molecule has 1 atom stereocenters. The Bertz CT molecular complexity index is 907. The highest BCUT2D eigenvalue weighted by atomic mass is 32.2. The van der Waals surface area contributed by atoms with Gasteiger partial charge in [0.2, 0.25) is 21.8 Å². The third-order valence-corrected chi connectivity index (χ3v) is 5.20. The van der Waals surface area contributed by atoms with E-state index in [4.69, 9.17) is 0 Å². The normalized spacial score (nSPS) is 12.1. The summed E-state index contributed by atoms with van der Waals surface area (Å²) in [7, 11) is -3.66. The molecule has 0 spiro atoms. The zero-order valence-corrected chi connectivity index (χ0v) is 16.3. The minimum atomic E-state index is -3.66. The van der Waals surface area contributed by atoms with Crippen LogP contribution in [-0.2, 0) is 19.6 Å². The summed E-state index contributed by atoms with van der Waals surface area (Å²) in [6.07, 6.45) is 0. The van der Waals surface area contributed by atoms with Gasteiger partial charge in [-0.05, 0) is 43.3 Å². The number of sulfonamides is 1. The lowest BCUT2D eigenvalue weighted by molar-refractivity contribution is -0.118. The van der Waals surface area contributed by atoms with Gasteiger partial charge in [0.05, 0.1) is 11.7 Å². The van der Waals surface area contributed by atoms with E-state index in [1.807, 2.05) is 6.92 Å². The molecule has 27 heavy (non-hydrogen) atoms. The number of rotatable bonds is 7. The van der Waals surface area contributed by atoms with Crippen molar-refractivity contribution < 1.29 is 18.0 Å². The van der Waals surface area contributed by atoms with Crippen molar-refractivity contribution in [3.63, 3.8) is 0 Å². The Morgan fingerprint density at radius 3 is 1.89 bits per heavy atom. The summed E-state index contributed by atoms with van der Waals surface area (Å²) in [5, 5.41) is 5.30. The van der Waals surface area contributed by atoms with Gasteiger partial charge in [0, 0.05) is 24.0 Å². The van der Waals surface area contributed by atoms with Crippen molar-refractivity contribution in [1.82, 2.24) is 0 Å². The van der Waals surface area contributed by atoms with Crippen LogP contribution in [0.25, 0.3) is 0 Å². The number of carbonyl (C=O) groups is 2. The number of aryl methyl sites for hydroxylation is 1. The number of hydrogen-bond donors (Lipinski definition) is 3. The minimum Gasteiger partial charge on any atom is -0.326 e. The number of nitrogens with one attached hydrogen (secondary N) is 3. The van der Waals surface area contributed by atoms with Crippen LogP contribution in [0.4, 0.5) is 17.1 Å². The van der Waals surface area contributed by atoms with Gasteiger partial charge in [-0.15, -0.1) is 0 Å². The fraction of sp³-hybridized carbons (Fsp3) is 0.263. The lowest BCUT2D eigenvalue weighted by Gasteiger charge is -2.14. The number of carbonyl (C=O) groups excluding carboxylic acids is 2. The Balaban J connectivity index is 1.93. The smallest absolute Gasteiger partial charge is 0.233 e.